The molecule has 1 aromatic rings. The van der Waals surface area contributed by atoms with Crippen LogP contribution >= 0.6 is 0 Å². The number of methoxy groups -OCH3 is 1. The van der Waals surface area contributed by atoms with E-state index in [-0.39, 0.29) is 17.8 Å². The summed E-state index contributed by atoms with van der Waals surface area (Å²) in [5.41, 5.74) is 0.527. The normalized spacial score (nSPS) is 36.3. The Morgan fingerprint density at radius 3 is 2.55 bits per heavy atom. The highest BCUT2D eigenvalue weighted by Gasteiger charge is 2.45. The van der Waals surface area contributed by atoms with E-state index in [1.54, 1.807) is 7.11 Å². The molecule has 4 nitrogen and oxygen atoms in total. The molecule has 0 aliphatic carbocycles. The summed E-state index contributed by atoms with van der Waals surface area (Å²) in [5.74, 6) is 1.49. The van der Waals surface area contributed by atoms with Crippen molar-refractivity contribution in [3.05, 3.63) is 23.8 Å². The van der Waals surface area contributed by atoms with Gasteiger partial charge in [0.2, 0.25) is 0 Å². The van der Waals surface area contributed by atoms with Crippen molar-refractivity contribution in [2.24, 2.45) is 0 Å². The van der Waals surface area contributed by atoms with Gasteiger partial charge in [0, 0.05) is 30.9 Å². The highest BCUT2D eigenvalue weighted by Crippen LogP contribution is 2.47. The molecule has 0 saturated carbocycles. The van der Waals surface area contributed by atoms with Crippen LogP contribution in [0.3, 0.4) is 0 Å². The van der Waals surface area contributed by atoms with E-state index >= 15 is 0 Å². The van der Waals surface area contributed by atoms with E-state index in [9.17, 15) is 5.11 Å². The molecular weight excluding hydrogens is 256 g/mol. The largest absolute Gasteiger partial charge is 0.497 e. The van der Waals surface area contributed by atoms with Crippen LogP contribution in [-0.2, 0) is 4.74 Å². The quantitative estimate of drug-likeness (QED) is 0.858. The molecular formula is C16H22O4. The smallest absolute Gasteiger partial charge is 0.129 e. The van der Waals surface area contributed by atoms with Gasteiger partial charge in [0.05, 0.1) is 25.4 Å². The lowest BCUT2D eigenvalue weighted by Crippen LogP contribution is -2.50. The molecule has 0 aromatic heterocycles. The van der Waals surface area contributed by atoms with Gasteiger partial charge in [-0.15, -0.1) is 0 Å². The maximum absolute atomic E-state index is 10.5. The lowest BCUT2D eigenvalue weighted by molar-refractivity contribution is -0.140. The minimum absolute atomic E-state index is 0.151. The molecule has 1 spiro atoms. The summed E-state index contributed by atoms with van der Waals surface area (Å²) < 4.78 is 17.3. The van der Waals surface area contributed by atoms with Crippen molar-refractivity contribution in [2.45, 2.75) is 57.0 Å². The maximum atomic E-state index is 10.5. The van der Waals surface area contributed by atoms with Gasteiger partial charge in [-0.05, 0) is 26.0 Å². The van der Waals surface area contributed by atoms with Gasteiger partial charge in [-0.25, -0.2) is 0 Å². The van der Waals surface area contributed by atoms with Crippen LogP contribution in [-0.4, -0.2) is 30.0 Å². The third-order valence-corrected chi connectivity index (χ3v) is 4.26. The fraction of sp³-hybridized carbons (Fsp3) is 0.625. The van der Waals surface area contributed by atoms with Crippen molar-refractivity contribution >= 4 is 0 Å². The second-order valence-electron chi connectivity index (χ2n) is 6.07. The zero-order chi connectivity index (χ0) is 14.3. The van der Waals surface area contributed by atoms with E-state index < -0.39 is 6.10 Å². The average molecular weight is 278 g/mol. The van der Waals surface area contributed by atoms with Crippen LogP contribution in [0.15, 0.2) is 18.2 Å². The number of rotatable bonds is 1. The number of aliphatic hydroxyl groups excluding tert-OH is 1. The van der Waals surface area contributed by atoms with Crippen molar-refractivity contribution in [3.63, 3.8) is 0 Å². The second kappa shape index (κ2) is 4.93. The lowest BCUT2D eigenvalue weighted by atomic mass is 9.79. The van der Waals surface area contributed by atoms with E-state index in [1.807, 2.05) is 18.2 Å². The monoisotopic (exact) mass is 278 g/mol. The first-order valence-corrected chi connectivity index (χ1v) is 7.22. The SMILES string of the molecule is COc1ccc2c(c1)OC1(CC(C)OC(C)C1)C[C@@H]2O. The molecule has 2 aliphatic heterocycles. The fourth-order valence-electron chi connectivity index (χ4n) is 3.62. The Hall–Kier alpha value is -1.26. The average Bonchev–Trinajstić information content (AvgIpc) is 2.36. The summed E-state index contributed by atoms with van der Waals surface area (Å²) in [7, 11) is 1.63. The van der Waals surface area contributed by atoms with Crippen LogP contribution in [0.1, 0.15) is 44.8 Å². The second-order valence-corrected chi connectivity index (χ2v) is 6.07. The van der Waals surface area contributed by atoms with Crippen LogP contribution in [0.5, 0.6) is 11.5 Å². The minimum atomic E-state index is -0.484. The highest BCUT2D eigenvalue weighted by atomic mass is 16.5. The number of hydrogen-bond donors (Lipinski definition) is 1. The molecule has 0 bridgehead atoms. The van der Waals surface area contributed by atoms with E-state index in [2.05, 4.69) is 13.8 Å². The van der Waals surface area contributed by atoms with E-state index in [0.29, 0.717) is 6.42 Å². The molecule has 110 valence electrons. The standard InChI is InChI=1S/C16H22O4/c1-10-7-16(8-11(2)19-10)9-14(17)13-5-4-12(18-3)6-15(13)20-16/h4-6,10-11,14,17H,7-9H2,1-3H3/t10?,11?,14-,16?/m0/s1. The van der Waals surface area contributed by atoms with E-state index in [4.69, 9.17) is 14.2 Å². The Morgan fingerprint density at radius 1 is 1.20 bits per heavy atom. The Bertz CT molecular complexity index is 489. The van der Waals surface area contributed by atoms with Gasteiger partial charge < -0.3 is 19.3 Å². The van der Waals surface area contributed by atoms with Crippen molar-refractivity contribution in [1.82, 2.24) is 0 Å². The van der Waals surface area contributed by atoms with Crippen LogP contribution in [0, 0.1) is 0 Å². The van der Waals surface area contributed by atoms with Gasteiger partial charge >= 0.3 is 0 Å². The van der Waals surface area contributed by atoms with Crippen molar-refractivity contribution in [1.29, 1.82) is 0 Å². The molecule has 3 rings (SSSR count). The van der Waals surface area contributed by atoms with Crippen LogP contribution < -0.4 is 9.47 Å². The maximum Gasteiger partial charge on any atom is 0.129 e. The Morgan fingerprint density at radius 2 is 1.90 bits per heavy atom. The van der Waals surface area contributed by atoms with Crippen LogP contribution in [0.2, 0.25) is 0 Å². The van der Waals surface area contributed by atoms with E-state index in [0.717, 1.165) is 29.9 Å². The zero-order valence-electron chi connectivity index (χ0n) is 12.3. The van der Waals surface area contributed by atoms with Gasteiger partial charge in [-0.2, -0.15) is 0 Å². The van der Waals surface area contributed by atoms with Crippen LogP contribution in [0.4, 0.5) is 0 Å². The molecule has 0 amide bonds. The van der Waals surface area contributed by atoms with Crippen molar-refractivity contribution in [3.8, 4) is 11.5 Å². The molecule has 1 aromatic carbocycles. The molecule has 2 unspecified atom stereocenters. The molecule has 20 heavy (non-hydrogen) atoms. The van der Waals surface area contributed by atoms with Crippen LogP contribution in [0.25, 0.3) is 0 Å². The van der Waals surface area contributed by atoms with E-state index in [1.165, 1.54) is 0 Å². The summed E-state index contributed by atoms with van der Waals surface area (Å²) in [6.07, 6.45) is 2.07. The number of fused-ring (bicyclic) bond motifs is 1. The first-order valence-electron chi connectivity index (χ1n) is 7.22. The molecule has 1 saturated heterocycles. The zero-order valence-corrected chi connectivity index (χ0v) is 12.3. The predicted molar refractivity (Wildman–Crippen MR) is 75.2 cm³/mol. The molecule has 2 aliphatic rings. The van der Waals surface area contributed by atoms with Crippen molar-refractivity contribution < 1.29 is 19.3 Å². The number of aliphatic hydroxyl groups is 1. The minimum Gasteiger partial charge on any atom is -0.497 e. The summed E-state index contributed by atoms with van der Waals surface area (Å²) in [4.78, 5) is 0. The third-order valence-electron chi connectivity index (χ3n) is 4.26. The predicted octanol–water partition coefficient (Wildman–Crippen LogP) is 2.84. The molecule has 1 N–H and O–H groups in total. The highest BCUT2D eigenvalue weighted by molar-refractivity contribution is 5.44. The Kier molecular flexibility index (Phi) is 3.38. The number of ether oxygens (including phenoxy) is 3. The molecule has 3 atom stereocenters. The first-order chi connectivity index (χ1) is 9.51. The lowest BCUT2D eigenvalue weighted by Gasteiger charge is -2.46. The van der Waals surface area contributed by atoms with Gasteiger partial charge in [0.15, 0.2) is 0 Å². The summed E-state index contributed by atoms with van der Waals surface area (Å²) in [6.45, 7) is 4.13. The first kappa shape index (κ1) is 13.7. The Labute approximate surface area is 119 Å². The molecule has 1 fully saturated rings. The molecule has 4 heteroatoms. The molecule has 2 heterocycles. The van der Waals surface area contributed by atoms with Gasteiger partial charge in [0.25, 0.3) is 0 Å². The summed E-state index contributed by atoms with van der Waals surface area (Å²) in [5, 5.41) is 10.5. The van der Waals surface area contributed by atoms with Crippen molar-refractivity contribution in [2.75, 3.05) is 7.11 Å². The summed E-state index contributed by atoms with van der Waals surface area (Å²) in [6, 6.07) is 5.61. The molecule has 0 radical (unpaired) electrons. The van der Waals surface area contributed by atoms with Gasteiger partial charge in [0.1, 0.15) is 17.1 Å². The topological polar surface area (TPSA) is 47.9 Å². The third kappa shape index (κ3) is 2.38. The summed E-state index contributed by atoms with van der Waals surface area (Å²) >= 11 is 0. The number of hydrogen-bond acceptors (Lipinski definition) is 4. The fourth-order valence-corrected chi connectivity index (χ4v) is 3.62. The van der Waals surface area contributed by atoms with Gasteiger partial charge in [-0.3, -0.25) is 0 Å². The van der Waals surface area contributed by atoms with Gasteiger partial charge in [-0.1, -0.05) is 0 Å². The Balaban J connectivity index is 1.94. The number of benzene rings is 1.